The van der Waals surface area contributed by atoms with Crippen LogP contribution in [0.3, 0.4) is 0 Å². The quantitative estimate of drug-likeness (QED) is 0.720. The van der Waals surface area contributed by atoms with Gasteiger partial charge in [0.1, 0.15) is 6.04 Å². The molecule has 28 heavy (non-hydrogen) atoms. The Morgan fingerprint density at radius 1 is 1.04 bits per heavy atom. The Hall–Kier alpha value is -1.92. The van der Waals surface area contributed by atoms with Crippen molar-refractivity contribution in [2.45, 2.75) is 19.1 Å². The van der Waals surface area contributed by atoms with Crippen LogP contribution in [-0.4, -0.2) is 60.2 Å². The van der Waals surface area contributed by atoms with Crippen molar-refractivity contribution in [3.05, 3.63) is 70.7 Å². The van der Waals surface area contributed by atoms with Crippen LogP contribution in [0.5, 0.6) is 0 Å². The molecule has 2 aromatic carbocycles. The third-order valence-corrected chi connectivity index (χ3v) is 5.34. The van der Waals surface area contributed by atoms with Crippen LogP contribution in [0.25, 0.3) is 0 Å². The Labute approximate surface area is 171 Å². The van der Waals surface area contributed by atoms with Crippen molar-refractivity contribution in [2.75, 3.05) is 39.3 Å². The molecule has 0 unspecified atom stereocenters. The number of rotatable bonds is 7. The van der Waals surface area contributed by atoms with Gasteiger partial charge in [-0.3, -0.25) is 9.80 Å². The maximum Gasteiger partial charge on any atom is 0.328 e. The summed E-state index contributed by atoms with van der Waals surface area (Å²) >= 11 is 6.00. The van der Waals surface area contributed by atoms with Crippen molar-refractivity contribution in [3.8, 4) is 0 Å². The minimum Gasteiger partial charge on any atom is -0.465 e. The first kappa shape index (κ1) is 20.8. The molecule has 0 spiro atoms. The van der Waals surface area contributed by atoms with Gasteiger partial charge in [0.25, 0.3) is 0 Å². The molecule has 1 aliphatic rings. The van der Waals surface area contributed by atoms with Crippen molar-refractivity contribution in [1.29, 1.82) is 0 Å². The summed E-state index contributed by atoms with van der Waals surface area (Å²) in [5.74, 6) is -0.234. The topological polar surface area (TPSA) is 53.0 Å². The van der Waals surface area contributed by atoms with E-state index in [1.165, 1.54) is 0 Å². The normalized spacial score (nSPS) is 17.8. The van der Waals surface area contributed by atoms with Gasteiger partial charge >= 0.3 is 5.97 Å². The summed E-state index contributed by atoms with van der Waals surface area (Å²) < 4.78 is 5.32. The van der Waals surface area contributed by atoms with Crippen LogP contribution in [0.4, 0.5) is 0 Å². The van der Waals surface area contributed by atoms with E-state index in [9.17, 15) is 9.90 Å². The van der Waals surface area contributed by atoms with E-state index < -0.39 is 12.1 Å². The second kappa shape index (κ2) is 10.0. The number of benzene rings is 2. The predicted octanol–water partition coefficient (Wildman–Crippen LogP) is 3.30. The van der Waals surface area contributed by atoms with E-state index >= 15 is 0 Å². The Morgan fingerprint density at radius 2 is 1.68 bits per heavy atom. The summed E-state index contributed by atoms with van der Waals surface area (Å²) in [7, 11) is 0. The summed E-state index contributed by atoms with van der Waals surface area (Å²) in [5.41, 5.74) is 1.82. The van der Waals surface area contributed by atoms with Gasteiger partial charge in [0.2, 0.25) is 0 Å². The number of esters is 1. The predicted molar refractivity (Wildman–Crippen MR) is 110 cm³/mol. The lowest BCUT2D eigenvalue weighted by molar-refractivity contribution is -0.150. The zero-order valence-electron chi connectivity index (χ0n) is 16.1. The smallest absolute Gasteiger partial charge is 0.328 e. The highest BCUT2D eigenvalue weighted by atomic mass is 35.5. The number of β-amino-alcohol motifs (C(OH)–C–C–N with tert-alkyl or cyclic N) is 1. The molecular formula is C22H27ClN2O3. The summed E-state index contributed by atoms with van der Waals surface area (Å²) in [6.45, 7) is 5.79. The lowest BCUT2D eigenvalue weighted by Crippen LogP contribution is -2.50. The first-order valence-corrected chi connectivity index (χ1v) is 10.1. The van der Waals surface area contributed by atoms with E-state index in [-0.39, 0.29) is 5.97 Å². The lowest BCUT2D eigenvalue weighted by atomic mass is 10.0. The average molecular weight is 403 g/mol. The summed E-state index contributed by atoms with van der Waals surface area (Å²) in [6, 6.07) is 16.6. The second-order valence-corrected chi connectivity index (χ2v) is 7.41. The minimum atomic E-state index is -0.509. The molecule has 150 valence electrons. The number of hydrogen-bond donors (Lipinski definition) is 1. The zero-order valence-corrected chi connectivity index (χ0v) is 16.9. The van der Waals surface area contributed by atoms with Crippen LogP contribution in [0.2, 0.25) is 5.02 Å². The minimum absolute atomic E-state index is 0.234. The molecule has 1 saturated heterocycles. The van der Waals surface area contributed by atoms with Gasteiger partial charge in [-0.1, -0.05) is 54.1 Å². The van der Waals surface area contributed by atoms with Gasteiger partial charge in [0, 0.05) is 37.7 Å². The van der Waals surface area contributed by atoms with Crippen molar-refractivity contribution >= 4 is 17.6 Å². The monoisotopic (exact) mass is 402 g/mol. The number of halogens is 1. The highest BCUT2D eigenvalue weighted by molar-refractivity contribution is 6.30. The molecule has 0 radical (unpaired) electrons. The highest BCUT2D eigenvalue weighted by Crippen LogP contribution is 2.26. The van der Waals surface area contributed by atoms with E-state index in [1.54, 1.807) is 12.1 Å². The maximum absolute atomic E-state index is 12.6. The number of carbonyl (C=O) groups is 1. The molecular weight excluding hydrogens is 376 g/mol. The fraction of sp³-hybridized carbons (Fsp3) is 0.409. The van der Waals surface area contributed by atoms with Gasteiger partial charge in [0.15, 0.2) is 0 Å². The Kier molecular flexibility index (Phi) is 7.45. The molecule has 3 rings (SSSR count). The molecule has 1 fully saturated rings. The van der Waals surface area contributed by atoms with Crippen LogP contribution >= 0.6 is 11.6 Å². The molecule has 0 amide bonds. The Balaban J connectivity index is 1.63. The Morgan fingerprint density at radius 3 is 2.29 bits per heavy atom. The van der Waals surface area contributed by atoms with E-state index in [2.05, 4.69) is 9.80 Å². The van der Waals surface area contributed by atoms with Crippen LogP contribution in [0, 0.1) is 0 Å². The van der Waals surface area contributed by atoms with Gasteiger partial charge in [-0.25, -0.2) is 4.79 Å². The molecule has 2 aromatic rings. The fourth-order valence-corrected chi connectivity index (χ4v) is 3.72. The van der Waals surface area contributed by atoms with Gasteiger partial charge in [-0.2, -0.15) is 0 Å². The number of aliphatic hydroxyl groups excluding tert-OH is 1. The molecule has 1 aliphatic heterocycles. The fourth-order valence-electron chi connectivity index (χ4n) is 3.59. The average Bonchev–Trinajstić information content (AvgIpc) is 2.72. The van der Waals surface area contributed by atoms with Crippen molar-refractivity contribution in [1.82, 2.24) is 9.80 Å². The van der Waals surface area contributed by atoms with Gasteiger partial charge in [0.05, 0.1) is 12.7 Å². The van der Waals surface area contributed by atoms with Crippen LogP contribution in [-0.2, 0) is 9.53 Å². The summed E-state index contributed by atoms with van der Waals surface area (Å²) in [6.07, 6.45) is -0.509. The Bertz CT molecular complexity index is 746. The number of hydrogen-bond acceptors (Lipinski definition) is 5. The number of carbonyl (C=O) groups excluding carboxylic acids is 1. The first-order chi connectivity index (χ1) is 13.6. The van der Waals surface area contributed by atoms with Crippen molar-refractivity contribution < 1.29 is 14.6 Å². The molecule has 6 heteroatoms. The molecule has 0 aromatic heterocycles. The van der Waals surface area contributed by atoms with Crippen molar-refractivity contribution in [2.24, 2.45) is 0 Å². The third kappa shape index (κ3) is 5.32. The van der Waals surface area contributed by atoms with Crippen LogP contribution in [0.15, 0.2) is 54.6 Å². The van der Waals surface area contributed by atoms with E-state index in [0.29, 0.717) is 18.2 Å². The first-order valence-electron chi connectivity index (χ1n) is 9.70. The van der Waals surface area contributed by atoms with Crippen LogP contribution in [0.1, 0.15) is 30.2 Å². The number of aliphatic hydroxyl groups is 1. The van der Waals surface area contributed by atoms with Crippen LogP contribution < -0.4 is 0 Å². The third-order valence-electron chi connectivity index (χ3n) is 5.08. The maximum atomic E-state index is 12.6. The standard InChI is InChI=1S/C22H27ClN2O3/c1-2-28-22(27)21(18-8-10-19(23)11-9-18)25-14-12-24(13-15-25)16-20(26)17-6-4-3-5-7-17/h3-11,20-21,26H,2,12-16H2,1H3/t20-,21-/m0/s1. The summed E-state index contributed by atoms with van der Waals surface area (Å²) in [4.78, 5) is 17.0. The molecule has 1 heterocycles. The van der Waals surface area contributed by atoms with Crippen molar-refractivity contribution in [3.63, 3.8) is 0 Å². The molecule has 0 aliphatic carbocycles. The van der Waals surface area contributed by atoms with E-state index in [0.717, 1.165) is 37.3 Å². The highest BCUT2D eigenvalue weighted by Gasteiger charge is 2.32. The number of ether oxygens (including phenoxy) is 1. The largest absolute Gasteiger partial charge is 0.465 e. The van der Waals surface area contributed by atoms with E-state index in [4.69, 9.17) is 16.3 Å². The zero-order chi connectivity index (χ0) is 19.9. The second-order valence-electron chi connectivity index (χ2n) is 6.97. The molecule has 1 N–H and O–H groups in total. The van der Waals surface area contributed by atoms with Gasteiger partial charge in [-0.15, -0.1) is 0 Å². The number of piperazine rings is 1. The molecule has 0 bridgehead atoms. The molecule has 0 saturated carbocycles. The SMILES string of the molecule is CCOC(=O)[C@H](c1ccc(Cl)cc1)N1CCN(C[C@H](O)c2ccccc2)CC1. The van der Waals surface area contributed by atoms with Gasteiger partial charge < -0.3 is 9.84 Å². The molecule has 5 nitrogen and oxygen atoms in total. The molecule has 2 atom stereocenters. The van der Waals surface area contributed by atoms with E-state index in [1.807, 2.05) is 49.4 Å². The summed E-state index contributed by atoms with van der Waals surface area (Å²) in [5, 5.41) is 11.1. The lowest BCUT2D eigenvalue weighted by Gasteiger charge is -2.39. The van der Waals surface area contributed by atoms with Gasteiger partial charge in [-0.05, 0) is 30.2 Å². The number of nitrogens with zero attached hydrogens (tertiary/aromatic N) is 2.